The number of aromatic hydroxyl groups is 1. The predicted molar refractivity (Wildman–Crippen MR) is 64.9 cm³/mol. The summed E-state index contributed by atoms with van der Waals surface area (Å²) in [6.07, 6.45) is 3.11. The van der Waals surface area contributed by atoms with Crippen LogP contribution in [-0.2, 0) is 0 Å². The summed E-state index contributed by atoms with van der Waals surface area (Å²) in [5.41, 5.74) is 1.97. The van der Waals surface area contributed by atoms with Gasteiger partial charge in [-0.1, -0.05) is 6.07 Å². The summed E-state index contributed by atoms with van der Waals surface area (Å²) in [6.45, 7) is 3.15. The SMILES string of the molecule is Cc1ccc(N2CCCC2CCO)cc1O. The first-order valence-corrected chi connectivity index (χ1v) is 5.89. The van der Waals surface area contributed by atoms with Gasteiger partial charge in [-0.15, -0.1) is 0 Å². The summed E-state index contributed by atoms with van der Waals surface area (Å²) in [5.74, 6) is 0.354. The average molecular weight is 221 g/mol. The molecule has 16 heavy (non-hydrogen) atoms. The van der Waals surface area contributed by atoms with Gasteiger partial charge in [-0.05, 0) is 37.8 Å². The number of phenolic OH excluding ortho intramolecular Hbond substituents is 1. The molecule has 0 radical (unpaired) electrons. The van der Waals surface area contributed by atoms with E-state index in [1.807, 2.05) is 25.1 Å². The van der Waals surface area contributed by atoms with E-state index in [0.29, 0.717) is 11.8 Å². The van der Waals surface area contributed by atoms with Gasteiger partial charge in [0.05, 0.1) is 0 Å². The number of phenols is 1. The van der Waals surface area contributed by atoms with E-state index >= 15 is 0 Å². The molecule has 0 aliphatic carbocycles. The third-order valence-electron chi connectivity index (χ3n) is 3.36. The van der Waals surface area contributed by atoms with Crippen LogP contribution in [0.4, 0.5) is 5.69 Å². The van der Waals surface area contributed by atoms with Crippen LogP contribution in [-0.4, -0.2) is 29.4 Å². The van der Waals surface area contributed by atoms with E-state index in [1.54, 1.807) is 0 Å². The lowest BCUT2D eigenvalue weighted by molar-refractivity contribution is 0.276. The molecule has 1 saturated heterocycles. The molecule has 1 aromatic rings. The monoisotopic (exact) mass is 221 g/mol. The summed E-state index contributed by atoms with van der Waals surface area (Å²) < 4.78 is 0. The Morgan fingerprint density at radius 1 is 1.44 bits per heavy atom. The zero-order chi connectivity index (χ0) is 11.5. The van der Waals surface area contributed by atoms with E-state index in [1.165, 1.54) is 6.42 Å². The maximum absolute atomic E-state index is 9.70. The second kappa shape index (κ2) is 4.74. The number of nitrogens with zero attached hydrogens (tertiary/aromatic N) is 1. The van der Waals surface area contributed by atoms with Crippen molar-refractivity contribution in [2.45, 2.75) is 32.2 Å². The number of hydrogen-bond acceptors (Lipinski definition) is 3. The number of rotatable bonds is 3. The molecule has 1 fully saturated rings. The Balaban J connectivity index is 2.19. The summed E-state index contributed by atoms with van der Waals surface area (Å²) in [6, 6.07) is 6.24. The quantitative estimate of drug-likeness (QED) is 0.821. The molecule has 0 aromatic heterocycles. The van der Waals surface area contributed by atoms with Gasteiger partial charge >= 0.3 is 0 Å². The van der Waals surface area contributed by atoms with Crippen molar-refractivity contribution >= 4 is 5.69 Å². The average Bonchev–Trinajstić information content (AvgIpc) is 2.71. The number of benzene rings is 1. The van der Waals surface area contributed by atoms with Crippen molar-refractivity contribution in [1.29, 1.82) is 0 Å². The molecular weight excluding hydrogens is 202 g/mol. The minimum Gasteiger partial charge on any atom is -0.508 e. The van der Waals surface area contributed by atoms with E-state index < -0.39 is 0 Å². The van der Waals surface area contributed by atoms with Gasteiger partial charge in [-0.2, -0.15) is 0 Å². The van der Waals surface area contributed by atoms with Gasteiger partial charge in [-0.3, -0.25) is 0 Å². The molecular formula is C13H19NO2. The van der Waals surface area contributed by atoms with Crippen LogP contribution in [0.25, 0.3) is 0 Å². The Labute approximate surface area is 96.3 Å². The highest BCUT2D eigenvalue weighted by Crippen LogP contribution is 2.30. The maximum atomic E-state index is 9.70. The molecule has 2 rings (SSSR count). The molecule has 1 aliphatic rings. The topological polar surface area (TPSA) is 43.7 Å². The zero-order valence-corrected chi connectivity index (χ0v) is 9.69. The Morgan fingerprint density at radius 3 is 2.94 bits per heavy atom. The van der Waals surface area contributed by atoms with Crippen molar-refractivity contribution in [2.24, 2.45) is 0 Å². The first-order valence-electron chi connectivity index (χ1n) is 5.89. The maximum Gasteiger partial charge on any atom is 0.120 e. The van der Waals surface area contributed by atoms with Crippen LogP contribution in [0.1, 0.15) is 24.8 Å². The van der Waals surface area contributed by atoms with Crippen molar-refractivity contribution < 1.29 is 10.2 Å². The van der Waals surface area contributed by atoms with E-state index in [4.69, 9.17) is 5.11 Å². The highest BCUT2D eigenvalue weighted by molar-refractivity contribution is 5.54. The molecule has 3 nitrogen and oxygen atoms in total. The van der Waals surface area contributed by atoms with Gasteiger partial charge < -0.3 is 15.1 Å². The third-order valence-corrected chi connectivity index (χ3v) is 3.36. The Kier molecular flexibility index (Phi) is 3.34. The number of aryl methyl sites for hydroxylation is 1. The lowest BCUT2D eigenvalue weighted by Crippen LogP contribution is -2.29. The first kappa shape index (κ1) is 11.3. The minimum atomic E-state index is 0.235. The van der Waals surface area contributed by atoms with Crippen LogP contribution in [0, 0.1) is 6.92 Å². The number of anilines is 1. The van der Waals surface area contributed by atoms with Crippen LogP contribution in [0.3, 0.4) is 0 Å². The molecule has 1 heterocycles. The fourth-order valence-electron chi connectivity index (χ4n) is 2.40. The van der Waals surface area contributed by atoms with Gasteiger partial charge in [0.25, 0.3) is 0 Å². The lowest BCUT2D eigenvalue weighted by Gasteiger charge is -2.26. The molecule has 0 amide bonds. The van der Waals surface area contributed by atoms with Gasteiger partial charge in [0.15, 0.2) is 0 Å². The van der Waals surface area contributed by atoms with Gasteiger partial charge in [-0.25, -0.2) is 0 Å². The molecule has 0 spiro atoms. The van der Waals surface area contributed by atoms with Crippen LogP contribution < -0.4 is 4.90 Å². The fraction of sp³-hybridized carbons (Fsp3) is 0.538. The fourth-order valence-corrected chi connectivity index (χ4v) is 2.40. The lowest BCUT2D eigenvalue weighted by atomic mass is 10.1. The summed E-state index contributed by atoms with van der Waals surface area (Å²) in [7, 11) is 0. The first-order chi connectivity index (χ1) is 7.72. The van der Waals surface area contributed by atoms with Crippen LogP contribution in [0.5, 0.6) is 5.75 Å². The van der Waals surface area contributed by atoms with Crippen molar-refractivity contribution in [3.63, 3.8) is 0 Å². The predicted octanol–water partition coefficient (Wildman–Crippen LogP) is 2.05. The summed E-state index contributed by atoms with van der Waals surface area (Å²) >= 11 is 0. The minimum absolute atomic E-state index is 0.235. The Morgan fingerprint density at radius 2 is 2.25 bits per heavy atom. The van der Waals surface area contributed by atoms with Crippen LogP contribution in [0.15, 0.2) is 18.2 Å². The zero-order valence-electron chi connectivity index (χ0n) is 9.69. The highest BCUT2D eigenvalue weighted by Gasteiger charge is 2.24. The molecule has 1 aliphatic heterocycles. The Bertz CT molecular complexity index is 365. The smallest absolute Gasteiger partial charge is 0.120 e. The summed E-state index contributed by atoms with van der Waals surface area (Å²) in [5, 5.41) is 18.7. The van der Waals surface area contributed by atoms with E-state index in [-0.39, 0.29) is 6.61 Å². The molecule has 0 bridgehead atoms. The molecule has 2 N–H and O–H groups in total. The van der Waals surface area contributed by atoms with E-state index in [0.717, 1.165) is 30.6 Å². The normalized spacial score (nSPS) is 20.4. The largest absolute Gasteiger partial charge is 0.508 e. The molecule has 88 valence electrons. The number of aliphatic hydroxyl groups is 1. The van der Waals surface area contributed by atoms with Crippen molar-refractivity contribution in [3.05, 3.63) is 23.8 Å². The molecule has 1 atom stereocenters. The van der Waals surface area contributed by atoms with Gasteiger partial charge in [0.2, 0.25) is 0 Å². The van der Waals surface area contributed by atoms with Gasteiger partial charge in [0, 0.05) is 30.9 Å². The standard InChI is InChI=1S/C13H19NO2/c1-10-4-5-12(9-13(10)16)14-7-2-3-11(14)6-8-15/h4-5,9,11,15-16H,2-3,6-8H2,1H3. The summed E-state index contributed by atoms with van der Waals surface area (Å²) in [4.78, 5) is 2.29. The second-order valence-corrected chi connectivity index (χ2v) is 4.47. The van der Waals surface area contributed by atoms with Crippen molar-refractivity contribution in [1.82, 2.24) is 0 Å². The molecule has 1 aromatic carbocycles. The van der Waals surface area contributed by atoms with Crippen molar-refractivity contribution in [2.75, 3.05) is 18.1 Å². The highest BCUT2D eigenvalue weighted by atomic mass is 16.3. The van der Waals surface area contributed by atoms with Crippen molar-refractivity contribution in [3.8, 4) is 5.75 Å². The molecule has 0 saturated carbocycles. The molecule has 1 unspecified atom stereocenters. The van der Waals surface area contributed by atoms with Crippen LogP contribution in [0.2, 0.25) is 0 Å². The third kappa shape index (κ3) is 2.14. The van der Waals surface area contributed by atoms with Gasteiger partial charge in [0.1, 0.15) is 5.75 Å². The Hall–Kier alpha value is -1.22. The molecule has 3 heteroatoms. The van der Waals surface area contributed by atoms with E-state index in [9.17, 15) is 5.11 Å². The number of aliphatic hydroxyl groups excluding tert-OH is 1. The number of hydrogen-bond donors (Lipinski definition) is 2. The van der Waals surface area contributed by atoms with E-state index in [2.05, 4.69) is 4.90 Å². The van der Waals surface area contributed by atoms with Crippen LogP contribution >= 0.6 is 0 Å². The second-order valence-electron chi connectivity index (χ2n) is 4.47.